The molecule has 0 aromatic heterocycles. The number of unbranched alkanes of at least 4 members (excludes halogenated alkanes) is 18. The molecule has 0 spiro atoms. The van der Waals surface area contributed by atoms with Gasteiger partial charge >= 0.3 is 11.9 Å². The van der Waals surface area contributed by atoms with Crippen LogP contribution in [0.4, 0.5) is 0 Å². The van der Waals surface area contributed by atoms with Crippen LogP contribution in [0.5, 0.6) is 0 Å². The van der Waals surface area contributed by atoms with E-state index in [0.717, 1.165) is 25.3 Å². The van der Waals surface area contributed by atoms with E-state index in [1.54, 1.807) is 0 Å². The summed E-state index contributed by atoms with van der Waals surface area (Å²) in [6.07, 6.45) is 38.8. The van der Waals surface area contributed by atoms with Gasteiger partial charge in [0.15, 0.2) is 0 Å². The number of hydrogen-bond donors (Lipinski definition) is 1. The molecule has 50 heavy (non-hydrogen) atoms. The van der Waals surface area contributed by atoms with Gasteiger partial charge in [-0.15, -0.1) is 0 Å². The van der Waals surface area contributed by atoms with E-state index in [0.29, 0.717) is 37.9 Å². The van der Waals surface area contributed by atoms with Crippen LogP contribution in [0.3, 0.4) is 0 Å². The van der Waals surface area contributed by atoms with Crippen LogP contribution in [0.25, 0.3) is 0 Å². The Hall–Kier alpha value is -1.10. The molecule has 0 radical (unpaired) electrons. The minimum atomic E-state index is 0.0292. The average Bonchev–Trinajstić information content (AvgIpc) is 3.11. The average molecular weight is 708 g/mol. The van der Waals surface area contributed by atoms with Crippen LogP contribution in [0.2, 0.25) is 0 Å². The van der Waals surface area contributed by atoms with Crippen molar-refractivity contribution < 1.29 is 19.1 Å². The van der Waals surface area contributed by atoms with Gasteiger partial charge in [-0.2, -0.15) is 0 Å². The van der Waals surface area contributed by atoms with Gasteiger partial charge in [0, 0.05) is 12.8 Å². The molecule has 0 aliphatic heterocycles. The fraction of sp³-hybridized carbons (Fsp3) is 0.956. The zero-order chi connectivity index (χ0) is 36.8. The van der Waals surface area contributed by atoms with Crippen molar-refractivity contribution in [2.45, 2.75) is 233 Å². The second kappa shape index (κ2) is 39.1. The molecule has 0 aliphatic carbocycles. The third-order valence-corrected chi connectivity index (χ3v) is 10.8. The largest absolute Gasteiger partial charge is 0.466 e. The fourth-order valence-corrected chi connectivity index (χ4v) is 7.46. The van der Waals surface area contributed by atoms with Gasteiger partial charge in [0.2, 0.25) is 0 Å². The van der Waals surface area contributed by atoms with Gasteiger partial charge < -0.3 is 14.8 Å². The van der Waals surface area contributed by atoms with Crippen LogP contribution in [0, 0.1) is 17.8 Å². The molecule has 0 saturated heterocycles. The standard InChI is InChI=1S/C45H89NO4/c1-6-10-30-41(31-11-7-2)38-44(47)49-36-28-24-20-16-14-18-22-26-34-43(40-46-5)35-27-23-19-15-17-21-25-29-37-50-45(48)39-42(32-12-8-3)33-13-9-4/h41-43,46H,6-40H2,1-5H3. The number of hydrogen-bond acceptors (Lipinski definition) is 5. The minimum absolute atomic E-state index is 0.0292. The van der Waals surface area contributed by atoms with Gasteiger partial charge in [-0.25, -0.2) is 0 Å². The highest BCUT2D eigenvalue weighted by Crippen LogP contribution is 2.23. The van der Waals surface area contributed by atoms with Crippen molar-refractivity contribution >= 4 is 11.9 Å². The second-order valence-electron chi connectivity index (χ2n) is 15.8. The minimum Gasteiger partial charge on any atom is -0.466 e. The van der Waals surface area contributed by atoms with E-state index in [4.69, 9.17) is 9.47 Å². The van der Waals surface area contributed by atoms with Crippen molar-refractivity contribution in [3.05, 3.63) is 0 Å². The molecule has 0 rings (SSSR count). The van der Waals surface area contributed by atoms with Crippen LogP contribution in [-0.2, 0) is 19.1 Å². The number of esters is 2. The summed E-state index contributed by atoms with van der Waals surface area (Å²) in [4.78, 5) is 24.6. The second-order valence-corrected chi connectivity index (χ2v) is 15.8. The summed E-state index contributed by atoms with van der Waals surface area (Å²) in [5.41, 5.74) is 0. The third-order valence-electron chi connectivity index (χ3n) is 10.8. The molecule has 0 atom stereocenters. The maximum Gasteiger partial charge on any atom is 0.306 e. The van der Waals surface area contributed by atoms with E-state index in [-0.39, 0.29) is 11.9 Å². The van der Waals surface area contributed by atoms with Crippen molar-refractivity contribution in [3.8, 4) is 0 Å². The summed E-state index contributed by atoms with van der Waals surface area (Å²) in [7, 11) is 2.10. The van der Waals surface area contributed by atoms with E-state index in [2.05, 4.69) is 40.1 Å². The molecule has 0 amide bonds. The summed E-state index contributed by atoms with van der Waals surface area (Å²) in [5, 5.41) is 3.44. The third kappa shape index (κ3) is 34.0. The lowest BCUT2D eigenvalue weighted by atomic mass is 9.93. The zero-order valence-electron chi connectivity index (χ0n) is 34.6. The molecule has 0 fully saturated rings. The van der Waals surface area contributed by atoms with Crippen LogP contribution >= 0.6 is 0 Å². The number of rotatable bonds is 40. The van der Waals surface area contributed by atoms with E-state index in [1.165, 1.54) is 180 Å². The van der Waals surface area contributed by atoms with Crippen LogP contribution in [0.1, 0.15) is 233 Å². The van der Waals surface area contributed by atoms with Gasteiger partial charge in [0.05, 0.1) is 13.2 Å². The number of ether oxygens (including phenoxy) is 2. The lowest BCUT2D eigenvalue weighted by molar-refractivity contribution is -0.146. The Balaban J connectivity index is 3.69. The number of carbonyl (C=O) groups excluding carboxylic acids is 2. The maximum atomic E-state index is 12.3. The predicted molar refractivity (Wildman–Crippen MR) is 217 cm³/mol. The molecule has 0 bridgehead atoms. The molecule has 0 aliphatic rings. The summed E-state index contributed by atoms with van der Waals surface area (Å²) in [6, 6.07) is 0. The van der Waals surface area contributed by atoms with Crippen molar-refractivity contribution in [2.75, 3.05) is 26.8 Å². The molecule has 0 aromatic rings. The molecule has 0 unspecified atom stereocenters. The van der Waals surface area contributed by atoms with Crippen molar-refractivity contribution in [1.82, 2.24) is 5.32 Å². The first kappa shape index (κ1) is 48.9. The van der Waals surface area contributed by atoms with Gasteiger partial charge in [0.1, 0.15) is 0 Å². The van der Waals surface area contributed by atoms with Gasteiger partial charge in [-0.05, 0) is 82.7 Å². The van der Waals surface area contributed by atoms with Gasteiger partial charge in [0.25, 0.3) is 0 Å². The lowest BCUT2D eigenvalue weighted by Crippen LogP contribution is -2.18. The topological polar surface area (TPSA) is 64.6 Å². The van der Waals surface area contributed by atoms with E-state index in [1.807, 2.05) is 0 Å². The quantitative estimate of drug-likeness (QED) is 0.0507. The molecule has 1 N–H and O–H groups in total. The molecule has 5 nitrogen and oxygen atoms in total. The summed E-state index contributed by atoms with van der Waals surface area (Å²) in [6.45, 7) is 11.3. The highest BCUT2D eigenvalue weighted by atomic mass is 16.5. The molecule has 0 aromatic carbocycles. The van der Waals surface area contributed by atoms with Crippen LogP contribution in [-0.4, -0.2) is 38.7 Å². The Morgan fingerprint density at radius 3 is 0.980 bits per heavy atom. The molecule has 0 saturated carbocycles. The Morgan fingerprint density at radius 2 is 0.680 bits per heavy atom. The lowest BCUT2D eigenvalue weighted by Gasteiger charge is -2.16. The normalized spacial score (nSPS) is 11.7. The Morgan fingerprint density at radius 1 is 0.400 bits per heavy atom. The van der Waals surface area contributed by atoms with Crippen molar-refractivity contribution in [1.29, 1.82) is 0 Å². The van der Waals surface area contributed by atoms with Crippen molar-refractivity contribution in [3.63, 3.8) is 0 Å². The molecular formula is C45H89NO4. The van der Waals surface area contributed by atoms with E-state index < -0.39 is 0 Å². The first-order chi connectivity index (χ1) is 24.5. The first-order valence-electron chi connectivity index (χ1n) is 22.5. The van der Waals surface area contributed by atoms with Gasteiger partial charge in [-0.3, -0.25) is 9.59 Å². The monoisotopic (exact) mass is 708 g/mol. The summed E-state index contributed by atoms with van der Waals surface area (Å²) >= 11 is 0. The summed E-state index contributed by atoms with van der Waals surface area (Å²) < 4.78 is 11.2. The predicted octanol–water partition coefficient (Wildman–Crippen LogP) is 13.7. The van der Waals surface area contributed by atoms with Crippen molar-refractivity contribution in [2.24, 2.45) is 17.8 Å². The maximum absolute atomic E-state index is 12.3. The van der Waals surface area contributed by atoms with E-state index in [9.17, 15) is 9.59 Å². The molecule has 298 valence electrons. The van der Waals surface area contributed by atoms with Gasteiger partial charge in [-0.1, -0.05) is 169 Å². The first-order valence-corrected chi connectivity index (χ1v) is 22.5. The van der Waals surface area contributed by atoms with E-state index >= 15 is 0 Å². The Bertz CT molecular complexity index is 641. The molecular weight excluding hydrogens is 618 g/mol. The SMILES string of the molecule is CCCCC(CCCC)CC(=O)OCCCCCCCCCCC(CCCCCCCCCCOC(=O)CC(CCCC)CCCC)CNC. The smallest absolute Gasteiger partial charge is 0.306 e. The summed E-state index contributed by atoms with van der Waals surface area (Å²) in [5.74, 6) is 1.93. The Kier molecular flexibility index (Phi) is 38.3. The Labute approximate surface area is 313 Å². The number of carbonyl (C=O) groups is 2. The molecule has 5 heteroatoms. The highest BCUT2D eigenvalue weighted by Gasteiger charge is 2.15. The van der Waals surface area contributed by atoms with Crippen LogP contribution in [0.15, 0.2) is 0 Å². The zero-order valence-corrected chi connectivity index (χ0v) is 34.6. The fourth-order valence-electron chi connectivity index (χ4n) is 7.46. The molecule has 0 heterocycles. The number of nitrogens with one attached hydrogen (secondary N) is 1. The highest BCUT2D eigenvalue weighted by molar-refractivity contribution is 5.70. The van der Waals surface area contributed by atoms with Crippen LogP contribution < -0.4 is 5.32 Å².